The maximum Gasteiger partial charge on any atom is 0.326 e. The Morgan fingerprint density at radius 2 is 1.79 bits per heavy atom. The quantitative estimate of drug-likeness (QED) is 0.437. The molecule has 3 amide bonds. The molecule has 8 heteroatoms. The average Bonchev–Trinajstić information content (AvgIpc) is 2.32. The number of carbonyl (C=O) groups excluding carboxylic acids is 3. The second kappa shape index (κ2) is 8.06. The zero-order valence-electron chi connectivity index (χ0n) is 10.9. The molecule has 0 aliphatic heterocycles. The highest BCUT2D eigenvalue weighted by Crippen LogP contribution is 1.98. The summed E-state index contributed by atoms with van der Waals surface area (Å²) in [6.07, 6.45) is -0.0144. The van der Waals surface area contributed by atoms with E-state index in [-0.39, 0.29) is 25.2 Å². The van der Waals surface area contributed by atoms with Crippen LogP contribution in [0.5, 0.6) is 0 Å². The highest BCUT2D eigenvalue weighted by Gasteiger charge is 2.23. The Kier molecular flexibility index (Phi) is 7.16. The fourth-order valence-electron chi connectivity index (χ4n) is 1.25. The van der Waals surface area contributed by atoms with E-state index in [0.29, 0.717) is 0 Å². The lowest BCUT2D eigenvalue weighted by Gasteiger charge is -2.18. The molecular formula is C11H19N3O5. The first kappa shape index (κ1) is 16.9. The van der Waals surface area contributed by atoms with Crippen molar-refractivity contribution in [3.8, 4) is 0 Å². The van der Waals surface area contributed by atoms with E-state index in [4.69, 9.17) is 10.8 Å². The summed E-state index contributed by atoms with van der Waals surface area (Å²) in [4.78, 5) is 44.2. The maximum absolute atomic E-state index is 11.6. The van der Waals surface area contributed by atoms with Crippen LogP contribution >= 0.6 is 0 Å². The monoisotopic (exact) mass is 273 g/mol. The Labute approximate surface area is 110 Å². The number of rotatable bonds is 8. The van der Waals surface area contributed by atoms with E-state index in [1.54, 1.807) is 6.92 Å². The largest absolute Gasteiger partial charge is 0.480 e. The molecule has 0 rings (SSSR count). The van der Waals surface area contributed by atoms with Crippen LogP contribution in [0.1, 0.15) is 33.1 Å². The fraction of sp³-hybridized carbons (Fsp3) is 0.636. The number of carboxylic acids is 1. The van der Waals surface area contributed by atoms with Crippen molar-refractivity contribution in [2.75, 3.05) is 0 Å². The van der Waals surface area contributed by atoms with Gasteiger partial charge in [-0.3, -0.25) is 14.4 Å². The van der Waals surface area contributed by atoms with Crippen LogP contribution in [0, 0.1) is 0 Å². The molecule has 2 atom stereocenters. The van der Waals surface area contributed by atoms with Gasteiger partial charge in [-0.1, -0.05) is 6.92 Å². The lowest BCUT2D eigenvalue weighted by molar-refractivity contribution is -0.142. The molecule has 0 unspecified atom stereocenters. The number of hydrogen-bond donors (Lipinski definition) is 4. The lowest BCUT2D eigenvalue weighted by Crippen LogP contribution is -2.50. The molecule has 0 fully saturated rings. The number of hydrogen-bond acceptors (Lipinski definition) is 4. The van der Waals surface area contributed by atoms with Crippen LogP contribution in [0.25, 0.3) is 0 Å². The van der Waals surface area contributed by atoms with Gasteiger partial charge in [0.2, 0.25) is 17.7 Å². The zero-order valence-corrected chi connectivity index (χ0v) is 10.9. The number of amides is 3. The van der Waals surface area contributed by atoms with Gasteiger partial charge in [-0.15, -0.1) is 0 Å². The molecule has 8 nitrogen and oxygen atoms in total. The molecule has 5 N–H and O–H groups in total. The van der Waals surface area contributed by atoms with E-state index in [0.717, 1.165) is 0 Å². The van der Waals surface area contributed by atoms with E-state index in [2.05, 4.69) is 10.6 Å². The van der Waals surface area contributed by atoms with Gasteiger partial charge in [0.1, 0.15) is 12.1 Å². The van der Waals surface area contributed by atoms with Gasteiger partial charge in [0.15, 0.2) is 0 Å². The first-order valence-corrected chi connectivity index (χ1v) is 5.88. The van der Waals surface area contributed by atoms with Gasteiger partial charge < -0.3 is 21.5 Å². The van der Waals surface area contributed by atoms with Crippen molar-refractivity contribution in [1.82, 2.24) is 10.6 Å². The first-order valence-electron chi connectivity index (χ1n) is 5.88. The Morgan fingerprint density at radius 1 is 1.21 bits per heavy atom. The smallest absolute Gasteiger partial charge is 0.326 e. The van der Waals surface area contributed by atoms with Crippen LogP contribution in [0.2, 0.25) is 0 Å². The predicted octanol–water partition coefficient (Wildman–Crippen LogP) is -1.26. The molecule has 0 aromatic carbocycles. The van der Waals surface area contributed by atoms with Crippen molar-refractivity contribution in [1.29, 1.82) is 0 Å². The molecule has 19 heavy (non-hydrogen) atoms. The molecule has 0 saturated heterocycles. The minimum Gasteiger partial charge on any atom is -0.480 e. The van der Waals surface area contributed by atoms with Gasteiger partial charge in [0, 0.05) is 12.8 Å². The molecule has 0 saturated carbocycles. The minimum absolute atomic E-state index is 0.0924. The van der Waals surface area contributed by atoms with Gasteiger partial charge in [-0.2, -0.15) is 0 Å². The van der Waals surface area contributed by atoms with Crippen molar-refractivity contribution in [3.63, 3.8) is 0 Å². The van der Waals surface area contributed by atoms with Crippen LogP contribution in [0.3, 0.4) is 0 Å². The number of nitrogens with one attached hydrogen (secondary N) is 2. The van der Waals surface area contributed by atoms with Crippen molar-refractivity contribution >= 4 is 23.7 Å². The summed E-state index contributed by atoms with van der Waals surface area (Å²) >= 11 is 0. The third-order valence-electron chi connectivity index (χ3n) is 2.39. The standard InChI is InChI=1S/C11H19N3O5/c1-3-9(16)13-6(2)10(17)14-7(11(18)19)4-5-8(12)15/h6-7H,3-5H2,1-2H3,(H2,12,15)(H,13,16)(H,14,17)(H,18,19)/t6-,7-/m0/s1. The Bertz CT molecular complexity index is 369. The number of carboxylic acid groups (broad SMARTS) is 1. The molecule has 0 aromatic rings. The van der Waals surface area contributed by atoms with Crippen molar-refractivity contribution in [3.05, 3.63) is 0 Å². The maximum atomic E-state index is 11.6. The third-order valence-corrected chi connectivity index (χ3v) is 2.39. The van der Waals surface area contributed by atoms with Gasteiger partial charge in [-0.05, 0) is 13.3 Å². The number of aliphatic carboxylic acids is 1. The van der Waals surface area contributed by atoms with E-state index < -0.39 is 29.9 Å². The van der Waals surface area contributed by atoms with Crippen LogP contribution < -0.4 is 16.4 Å². The number of carbonyl (C=O) groups is 4. The summed E-state index contributed by atoms with van der Waals surface area (Å²) < 4.78 is 0. The van der Waals surface area contributed by atoms with Crippen molar-refractivity contribution in [2.45, 2.75) is 45.2 Å². The average molecular weight is 273 g/mol. The van der Waals surface area contributed by atoms with Crippen LogP contribution in [-0.2, 0) is 19.2 Å². The van der Waals surface area contributed by atoms with Crippen LogP contribution in [0.15, 0.2) is 0 Å². The van der Waals surface area contributed by atoms with Crippen LogP contribution in [-0.4, -0.2) is 40.9 Å². The number of nitrogens with two attached hydrogens (primary N) is 1. The minimum atomic E-state index is -1.26. The Balaban J connectivity index is 4.41. The van der Waals surface area contributed by atoms with Crippen LogP contribution in [0.4, 0.5) is 0 Å². The van der Waals surface area contributed by atoms with Gasteiger partial charge in [0.05, 0.1) is 0 Å². The highest BCUT2D eigenvalue weighted by molar-refractivity contribution is 5.90. The zero-order chi connectivity index (χ0) is 15.0. The summed E-state index contributed by atoms with van der Waals surface area (Å²) in [6, 6.07) is -2.05. The second-order valence-corrected chi connectivity index (χ2v) is 4.05. The third kappa shape index (κ3) is 7.02. The fourth-order valence-corrected chi connectivity index (χ4v) is 1.25. The molecule has 0 heterocycles. The Hall–Kier alpha value is -2.12. The topological polar surface area (TPSA) is 139 Å². The van der Waals surface area contributed by atoms with Gasteiger partial charge >= 0.3 is 5.97 Å². The second-order valence-electron chi connectivity index (χ2n) is 4.05. The summed E-state index contributed by atoms with van der Waals surface area (Å²) in [5, 5.41) is 13.5. The summed E-state index contributed by atoms with van der Waals surface area (Å²) in [5.74, 6) is -2.85. The summed E-state index contributed by atoms with van der Waals surface area (Å²) in [6.45, 7) is 3.07. The Morgan fingerprint density at radius 3 is 2.21 bits per heavy atom. The highest BCUT2D eigenvalue weighted by atomic mass is 16.4. The summed E-state index contributed by atoms with van der Waals surface area (Å²) in [5.41, 5.74) is 4.91. The molecule has 0 aliphatic carbocycles. The summed E-state index contributed by atoms with van der Waals surface area (Å²) in [7, 11) is 0. The number of primary amides is 1. The van der Waals surface area contributed by atoms with Crippen molar-refractivity contribution in [2.24, 2.45) is 5.73 Å². The SMILES string of the molecule is CCC(=O)N[C@@H](C)C(=O)N[C@@H](CCC(N)=O)C(=O)O. The molecule has 0 aliphatic rings. The molecule has 0 aromatic heterocycles. The van der Waals surface area contributed by atoms with Crippen molar-refractivity contribution < 1.29 is 24.3 Å². The molecular weight excluding hydrogens is 254 g/mol. The predicted molar refractivity (Wildman–Crippen MR) is 65.9 cm³/mol. The van der Waals surface area contributed by atoms with E-state index in [1.807, 2.05) is 0 Å². The lowest BCUT2D eigenvalue weighted by atomic mass is 10.1. The van der Waals surface area contributed by atoms with Gasteiger partial charge in [0.25, 0.3) is 0 Å². The molecule has 0 spiro atoms. The van der Waals surface area contributed by atoms with Gasteiger partial charge in [-0.25, -0.2) is 4.79 Å². The first-order chi connectivity index (χ1) is 8.77. The van der Waals surface area contributed by atoms with E-state index >= 15 is 0 Å². The van der Waals surface area contributed by atoms with E-state index in [1.165, 1.54) is 6.92 Å². The normalized spacial score (nSPS) is 13.2. The van der Waals surface area contributed by atoms with E-state index in [9.17, 15) is 19.2 Å². The molecule has 0 radical (unpaired) electrons. The molecule has 0 bridgehead atoms. The molecule has 108 valence electrons.